The van der Waals surface area contributed by atoms with Gasteiger partial charge in [-0.25, -0.2) is 0 Å². The van der Waals surface area contributed by atoms with Gasteiger partial charge in [0.15, 0.2) is 0 Å². The van der Waals surface area contributed by atoms with Crippen LogP contribution >= 0.6 is 0 Å². The average Bonchev–Trinajstić information content (AvgIpc) is 2.24. The zero-order valence-electron chi connectivity index (χ0n) is 12.5. The highest BCUT2D eigenvalue weighted by molar-refractivity contribution is 4.90. The zero-order chi connectivity index (χ0) is 13.1. The summed E-state index contributed by atoms with van der Waals surface area (Å²) in [6.45, 7) is 11.8. The standard InChI is InChI=1S/C16H32O/c1-6-7-14(17)10-11-15-12(2)8-9-13(3)16(15,4)5/h12-15,17H,6-11H2,1-5H3/t12-,13-,14-,15+/m0/s1. The van der Waals surface area contributed by atoms with Crippen LogP contribution in [0.15, 0.2) is 0 Å². The first kappa shape index (κ1) is 15.0. The maximum atomic E-state index is 9.90. The van der Waals surface area contributed by atoms with Gasteiger partial charge in [-0.2, -0.15) is 0 Å². The van der Waals surface area contributed by atoms with Crippen LogP contribution in [-0.2, 0) is 0 Å². The third-order valence-electron chi connectivity index (χ3n) is 5.40. The van der Waals surface area contributed by atoms with Gasteiger partial charge in [-0.05, 0) is 48.9 Å². The summed E-state index contributed by atoms with van der Waals surface area (Å²) in [4.78, 5) is 0. The molecule has 1 aliphatic carbocycles. The van der Waals surface area contributed by atoms with Gasteiger partial charge in [-0.1, -0.05) is 47.5 Å². The number of aliphatic hydroxyl groups is 1. The van der Waals surface area contributed by atoms with Gasteiger partial charge in [0.2, 0.25) is 0 Å². The molecule has 0 aliphatic heterocycles. The highest BCUT2D eigenvalue weighted by Gasteiger charge is 2.41. The lowest BCUT2D eigenvalue weighted by Crippen LogP contribution is -2.39. The summed E-state index contributed by atoms with van der Waals surface area (Å²) in [5, 5.41) is 9.90. The van der Waals surface area contributed by atoms with E-state index >= 15 is 0 Å². The molecular weight excluding hydrogens is 208 g/mol. The number of rotatable bonds is 5. The molecule has 1 aliphatic rings. The minimum atomic E-state index is -0.0692. The molecule has 1 fully saturated rings. The van der Waals surface area contributed by atoms with E-state index < -0.39 is 0 Å². The van der Waals surface area contributed by atoms with Crippen LogP contribution in [0, 0.1) is 23.2 Å². The molecule has 102 valence electrons. The van der Waals surface area contributed by atoms with E-state index in [9.17, 15) is 5.11 Å². The largest absolute Gasteiger partial charge is 0.393 e. The Morgan fingerprint density at radius 3 is 2.41 bits per heavy atom. The second-order valence-electron chi connectivity index (χ2n) is 6.90. The first-order valence-electron chi connectivity index (χ1n) is 7.57. The van der Waals surface area contributed by atoms with Gasteiger partial charge in [0.05, 0.1) is 6.10 Å². The van der Waals surface area contributed by atoms with E-state index in [0.29, 0.717) is 5.41 Å². The molecule has 0 aromatic rings. The van der Waals surface area contributed by atoms with E-state index in [1.54, 1.807) is 0 Å². The third-order valence-corrected chi connectivity index (χ3v) is 5.40. The Bertz CT molecular complexity index is 222. The Kier molecular flexibility index (Phi) is 5.50. The second-order valence-corrected chi connectivity index (χ2v) is 6.90. The van der Waals surface area contributed by atoms with Gasteiger partial charge >= 0.3 is 0 Å². The quantitative estimate of drug-likeness (QED) is 0.742. The molecule has 17 heavy (non-hydrogen) atoms. The fourth-order valence-electron chi connectivity index (χ4n) is 3.69. The van der Waals surface area contributed by atoms with Gasteiger partial charge in [-0.3, -0.25) is 0 Å². The summed E-state index contributed by atoms with van der Waals surface area (Å²) in [5.74, 6) is 2.44. The van der Waals surface area contributed by atoms with E-state index in [1.807, 2.05) is 0 Å². The summed E-state index contributed by atoms with van der Waals surface area (Å²) in [7, 11) is 0. The van der Waals surface area contributed by atoms with Crippen molar-refractivity contribution in [3.8, 4) is 0 Å². The van der Waals surface area contributed by atoms with E-state index in [4.69, 9.17) is 0 Å². The molecule has 0 bridgehead atoms. The summed E-state index contributed by atoms with van der Waals surface area (Å²) >= 11 is 0. The Morgan fingerprint density at radius 2 is 1.82 bits per heavy atom. The van der Waals surface area contributed by atoms with Gasteiger partial charge < -0.3 is 5.11 Å². The number of aliphatic hydroxyl groups excluding tert-OH is 1. The first-order chi connectivity index (χ1) is 7.89. The van der Waals surface area contributed by atoms with Crippen LogP contribution in [0.25, 0.3) is 0 Å². The van der Waals surface area contributed by atoms with Crippen LogP contribution in [0.3, 0.4) is 0 Å². The predicted octanol–water partition coefficient (Wildman–Crippen LogP) is 4.64. The van der Waals surface area contributed by atoms with Crippen LogP contribution in [0.2, 0.25) is 0 Å². The molecule has 0 unspecified atom stereocenters. The molecule has 1 rings (SSSR count). The Hall–Kier alpha value is -0.0400. The van der Waals surface area contributed by atoms with E-state index in [-0.39, 0.29) is 6.10 Å². The minimum absolute atomic E-state index is 0.0692. The van der Waals surface area contributed by atoms with Crippen molar-refractivity contribution < 1.29 is 5.11 Å². The highest BCUT2D eigenvalue weighted by atomic mass is 16.3. The normalized spacial score (nSPS) is 34.6. The number of hydrogen-bond donors (Lipinski definition) is 1. The molecule has 1 N–H and O–H groups in total. The molecule has 1 saturated carbocycles. The number of hydrogen-bond acceptors (Lipinski definition) is 1. The van der Waals surface area contributed by atoms with Gasteiger partial charge in [0, 0.05) is 0 Å². The van der Waals surface area contributed by atoms with E-state index in [2.05, 4.69) is 34.6 Å². The lowest BCUT2D eigenvalue weighted by molar-refractivity contribution is 0.0117. The molecular formula is C16H32O. The predicted molar refractivity (Wildman–Crippen MR) is 75.0 cm³/mol. The monoisotopic (exact) mass is 240 g/mol. The molecule has 0 aromatic carbocycles. The van der Waals surface area contributed by atoms with Crippen molar-refractivity contribution in [2.45, 2.75) is 79.2 Å². The van der Waals surface area contributed by atoms with Crippen molar-refractivity contribution >= 4 is 0 Å². The summed E-state index contributed by atoms with van der Waals surface area (Å²) < 4.78 is 0. The smallest absolute Gasteiger partial charge is 0.0540 e. The molecule has 0 radical (unpaired) electrons. The van der Waals surface area contributed by atoms with Crippen molar-refractivity contribution in [2.24, 2.45) is 23.2 Å². The first-order valence-corrected chi connectivity index (χ1v) is 7.57. The van der Waals surface area contributed by atoms with Crippen LogP contribution in [0.4, 0.5) is 0 Å². The SMILES string of the molecule is CCC[C@H](O)CC[C@@H]1[C@@H](C)CC[C@H](C)C1(C)C. The maximum Gasteiger partial charge on any atom is 0.0540 e. The fraction of sp³-hybridized carbons (Fsp3) is 1.00. The third kappa shape index (κ3) is 3.71. The van der Waals surface area contributed by atoms with Crippen molar-refractivity contribution in [1.82, 2.24) is 0 Å². The minimum Gasteiger partial charge on any atom is -0.393 e. The van der Waals surface area contributed by atoms with Crippen molar-refractivity contribution in [3.05, 3.63) is 0 Å². The molecule has 0 amide bonds. The van der Waals surface area contributed by atoms with Crippen LogP contribution in [0.1, 0.15) is 73.1 Å². The summed E-state index contributed by atoms with van der Waals surface area (Å²) in [5.41, 5.74) is 0.448. The summed E-state index contributed by atoms with van der Waals surface area (Å²) in [6, 6.07) is 0. The molecule has 1 heteroatoms. The molecule has 0 aromatic heterocycles. The van der Waals surface area contributed by atoms with Crippen molar-refractivity contribution in [3.63, 3.8) is 0 Å². The van der Waals surface area contributed by atoms with Gasteiger partial charge in [-0.15, -0.1) is 0 Å². The summed E-state index contributed by atoms with van der Waals surface area (Å²) in [6.07, 6.45) is 6.96. The Balaban J connectivity index is 2.53. The van der Waals surface area contributed by atoms with E-state index in [1.165, 1.54) is 19.3 Å². The molecule has 0 spiro atoms. The zero-order valence-corrected chi connectivity index (χ0v) is 12.5. The van der Waals surface area contributed by atoms with Crippen LogP contribution < -0.4 is 0 Å². The average molecular weight is 240 g/mol. The van der Waals surface area contributed by atoms with Gasteiger partial charge in [0.1, 0.15) is 0 Å². The van der Waals surface area contributed by atoms with Crippen LogP contribution in [0.5, 0.6) is 0 Å². The van der Waals surface area contributed by atoms with E-state index in [0.717, 1.165) is 37.0 Å². The second kappa shape index (κ2) is 6.22. The molecule has 1 nitrogen and oxygen atoms in total. The van der Waals surface area contributed by atoms with Crippen LogP contribution in [-0.4, -0.2) is 11.2 Å². The van der Waals surface area contributed by atoms with Crippen molar-refractivity contribution in [2.75, 3.05) is 0 Å². The topological polar surface area (TPSA) is 20.2 Å². The maximum absolute atomic E-state index is 9.90. The Labute approximate surface area is 108 Å². The molecule has 0 saturated heterocycles. The molecule has 4 atom stereocenters. The fourth-order valence-corrected chi connectivity index (χ4v) is 3.69. The highest BCUT2D eigenvalue weighted by Crippen LogP contribution is 2.49. The lowest BCUT2D eigenvalue weighted by atomic mass is 9.58. The van der Waals surface area contributed by atoms with Gasteiger partial charge in [0.25, 0.3) is 0 Å². The molecule has 0 heterocycles. The Morgan fingerprint density at radius 1 is 1.18 bits per heavy atom. The lowest BCUT2D eigenvalue weighted by Gasteiger charge is -2.48. The van der Waals surface area contributed by atoms with Crippen molar-refractivity contribution in [1.29, 1.82) is 0 Å².